The van der Waals surface area contributed by atoms with Gasteiger partial charge in [-0.05, 0) is 46.9 Å². The maximum atomic E-state index is 13.4. The summed E-state index contributed by atoms with van der Waals surface area (Å²) < 4.78 is 50.1. The standard InChI is InChI=1S/C22H26ClF2NO6S/c1-21(2)18(28)15(19(29)22(3,4)20(21)30)17(27)11-7-8-13(33(6,31)32)12(16(11)23)9-26(5)10-14(24)25/h7-8,14,28H,9-10H2,1-6H3. The van der Waals surface area contributed by atoms with Crippen LogP contribution in [0.2, 0.25) is 5.02 Å². The molecule has 0 radical (unpaired) electrons. The van der Waals surface area contributed by atoms with Crippen LogP contribution < -0.4 is 0 Å². The van der Waals surface area contributed by atoms with E-state index >= 15 is 0 Å². The Morgan fingerprint density at radius 2 is 1.70 bits per heavy atom. The summed E-state index contributed by atoms with van der Waals surface area (Å²) in [5.74, 6) is -3.16. The lowest BCUT2D eigenvalue weighted by molar-refractivity contribution is -0.144. The van der Waals surface area contributed by atoms with Gasteiger partial charge in [0.1, 0.15) is 11.3 Å². The molecule has 182 valence electrons. The normalized spacial score (nSPS) is 18.4. The lowest BCUT2D eigenvalue weighted by Crippen LogP contribution is -2.50. The van der Waals surface area contributed by atoms with Crippen LogP contribution in [0.15, 0.2) is 28.4 Å². The monoisotopic (exact) mass is 505 g/mol. The van der Waals surface area contributed by atoms with Crippen LogP contribution in [0.1, 0.15) is 43.6 Å². The molecule has 0 amide bonds. The van der Waals surface area contributed by atoms with Crippen molar-refractivity contribution in [3.8, 4) is 0 Å². The number of benzene rings is 1. The molecular formula is C22H26ClF2NO6S. The molecule has 0 aliphatic heterocycles. The molecule has 0 fully saturated rings. The number of hydrogen-bond acceptors (Lipinski definition) is 7. The molecule has 0 heterocycles. The fraction of sp³-hybridized carbons (Fsp3) is 0.500. The molecule has 7 nitrogen and oxygen atoms in total. The molecule has 11 heteroatoms. The second-order valence-electron chi connectivity index (χ2n) is 9.22. The van der Waals surface area contributed by atoms with Crippen molar-refractivity contribution in [2.75, 3.05) is 19.8 Å². The van der Waals surface area contributed by atoms with Crippen molar-refractivity contribution in [1.29, 1.82) is 0 Å². The molecule has 0 saturated carbocycles. The summed E-state index contributed by atoms with van der Waals surface area (Å²) in [7, 11) is -2.51. The molecule has 0 unspecified atom stereocenters. The van der Waals surface area contributed by atoms with Crippen LogP contribution in [0.4, 0.5) is 8.78 Å². The number of carbonyl (C=O) groups excluding carboxylic acids is 3. The molecule has 1 aromatic rings. The van der Waals surface area contributed by atoms with E-state index in [2.05, 4.69) is 0 Å². The van der Waals surface area contributed by atoms with E-state index in [4.69, 9.17) is 11.6 Å². The minimum absolute atomic E-state index is 0.0916. The predicted molar refractivity (Wildman–Crippen MR) is 118 cm³/mol. The molecule has 0 spiro atoms. The highest BCUT2D eigenvalue weighted by Crippen LogP contribution is 2.44. The zero-order valence-electron chi connectivity index (χ0n) is 19.1. The third kappa shape index (κ3) is 4.88. The van der Waals surface area contributed by atoms with Crippen molar-refractivity contribution in [2.24, 2.45) is 10.8 Å². The number of carbonyl (C=O) groups is 3. The number of allylic oxidation sites excluding steroid dienone is 2. The van der Waals surface area contributed by atoms with Crippen LogP contribution in [0.3, 0.4) is 0 Å². The van der Waals surface area contributed by atoms with Gasteiger partial charge in [-0.3, -0.25) is 19.3 Å². The minimum Gasteiger partial charge on any atom is -0.510 e. The number of sulfone groups is 1. The van der Waals surface area contributed by atoms with Crippen molar-refractivity contribution in [2.45, 2.75) is 45.6 Å². The van der Waals surface area contributed by atoms with E-state index in [-0.39, 0.29) is 27.6 Å². The number of Topliss-reactive ketones (excluding diaryl/α,β-unsaturated/α-hetero) is 3. The molecule has 33 heavy (non-hydrogen) atoms. The Kier molecular flexibility index (Phi) is 7.29. The number of nitrogens with zero attached hydrogens (tertiary/aromatic N) is 1. The first-order valence-electron chi connectivity index (χ1n) is 9.91. The van der Waals surface area contributed by atoms with E-state index in [9.17, 15) is 36.7 Å². The summed E-state index contributed by atoms with van der Waals surface area (Å²) in [5, 5.41) is 10.3. The van der Waals surface area contributed by atoms with Gasteiger partial charge >= 0.3 is 0 Å². The molecule has 0 bridgehead atoms. The molecule has 0 atom stereocenters. The fourth-order valence-corrected chi connectivity index (χ4v) is 5.21. The second kappa shape index (κ2) is 8.88. The summed E-state index contributed by atoms with van der Waals surface area (Å²) in [6, 6.07) is 2.20. The molecule has 2 rings (SSSR count). The fourth-order valence-electron chi connectivity index (χ4n) is 3.91. The lowest BCUT2D eigenvalue weighted by Gasteiger charge is -2.37. The highest BCUT2D eigenvalue weighted by atomic mass is 35.5. The number of hydrogen-bond donors (Lipinski definition) is 1. The van der Waals surface area contributed by atoms with Crippen molar-refractivity contribution < 1.29 is 36.7 Å². The third-order valence-corrected chi connectivity index (χ3v) is 7.32. The second-order valence-corrected chi connectivity index (χ2v) is 11.6. The van der Waals surface area contributed by atoms with Crippen LogP contribution in [-0.2, 0) is 26.0 Å². The predicted octanol–water partition coefficient (Wildman–Crippen LogP) is 3.64. The van der Waals surface area contributed by atoms with Gasteiger partial charge in [0.2, 0.25) is 5.78 Å². The number of halogens is 3. The topological polar surface area (TPSA) is 109 Å². The number of alkyl halides is 2. The van der Waals surface area contributed by atoms with E-state index in [0.717, 1.165) is 23.3 Å². The molecule has 1 aliphatic rings. The first-order valence-corrected chi connectivity index (χ1v) is 12.2. The Balaban J connectivity index is 2.74. The Morgan fingerprint density at radius 1 is 1.15 bits per heavy atom. The van der Waals surface area contributed by atoms with E-state index in [1.807, 2.05) is 0 Å². The zero-order valence-corrected chi connectivity index (χ0v) is 20.7. The summed E-state index contributed by atoms with van der Waals surface area (Å²) in [6.07, 6.45) is -1.78. The SMILES string of the molecule is CN(Cc1c(S(C)(=O)=O)ccc(C(=O)C2=C(O)C(C)(C)C(=O)C(C)(C)C2=O)c1Cl)CC(F)F. The lowest BCUT2D eigenvalue weighted by atomic mass is 9.62. The number of rotatable bonds is 7. The Morgan fingerprint density at radius 3 is 2.18 bits per heavy atom. The largest absolute Gasteiger partial charge is 0.510 e. The highest BCUT2D eigenvalue weighted by molar-refractivity contribution is 7.90. The number of ketones is 3. The van der Waals surface area contributed by atoms with Gasteiger partial charge in [-0.2, -0.15) is 0 Å². The average molecular weight is 506 g/mol. The van der Waals surface area contributed by atoms with Crippen LogP contribution in [-0.4, -0.2) is 62.0 Å². The quantitative estimate of drug-likeness (QED) is 0.342. The van der Waals surface area contributed by atoms with Gasteiger partial charge in [0.25, 0.3) is 6.43 Å². The van der Waals surface area contributed by atoms with Gasteiger partial charge in [0.15, 0.2) is 21.4 Å². The van der Waals surface area contributed by atoms with Crippen molar-refractivity contribution in [3.05, 3.63) is 39.6 Å². The van der Waals surface area contributed by atoms with Crippen molar-refractivity contribution >= 4 is 38.8 Å². The molecule has 0 saturated heterocycles. The first kappa shape index (κ1) is 27.1. The van der Waals surface area contributed by atoms with Gasteiger partial charge < -0.3 is 5.11 Å². The van der Waals surface area contributed by atoms with Crippen LogP contribution in [0, 0.1) is 10.8 Å². The molecule has 1 aromatic carbocycles. The van der Waals surface area contributed by atoms with E-state index < -0.39 is 62.3 Å². The maximum Gasteiger partial charge on any atom is 0.251 e. The Bertz CT molecular complexity index is 1170. The zero-order chi connectivity index (χ0) is 25.7. The van der Waals surface area contributed by atoms with Crippen LogP contribution >= 0.6 is 11.6 Å². The van der Waals surface area contributed by atoms with E-state index in [1.165, 1.54) is 34.7 Å². The summed E-state index contributed by atoms with van der Waals surface area (Å²) in [4.78, 5) is 40.0. The third-order valence-electron chi connectivity index (χ3n) is 5.71. The first-order chi connectivity index (χ1) is 14.8. The smallest absolute Gasteiger partial charge is 0.251 e. The molecule has 0 aromatic heterocycles. The number of aliphatic hydroxyl groups excluding tert-OH is 1. The Hall–Kier alpha value is -2.17. The van der Waals surface area contributed by atoms with Gasteiger partial charge in [0.05, 0.1) is 27.3 Å². The minimum atomic E-state index is -3.85. The van der Waals surface area contributed by atoms with Crippen molar-refractivity contribution in [3.63, 3.8) is 0 Å². The summed E-state index contributed by atoms with van der Waals surface area (Å²) in [5.41, 5.74) is -4.13. The maximum absolute atomic E-state index is 13.4. The molecular weight excluding hydrogens is 480 g/mol. The van der Waals surface area contributed by atoms with Gasteiger partial charge in [-0.25, -0.2) is 17.2 Å². The van der Waals surface area contributed by atoms with Crippen molar-refractivity contribution in [1.82, 2.24) is 4.90 Å². The molecule has 1 aliphatic carbocycles. The van der Waals surface area contributed by atoms with E-state index in [0.29, 0.717) is 0 Å². The Labute approximate surface area is 196 Å². The number of aliphatic hydroxyl groups is 1. The van der Waals surface area contributed by atoms with Crippen LogP contribution in [0.5, 0.6) is 0 Å². The van der Waals surface area contributed by atoms with Gasteiger partial charge in [-0.15, -0.1) is 0 Å². The van der Waals surface area contributed by atoms with E-state index in [1.54, 1.807) is 0 Å². The molecule has 1 N–H and O–H groups in total. The van der Waals surface area contributed by atoms with Gasteiger partial charge in [0, 0.05) is 23.9 Å². The van der Waals surface area contributed by atoms with Crippen LogP contribution in [0.25, 0.3) is 0 Å². The van der Waals surface area contributed by atoms with Gasteiger partial charge in [-0.1, -0.05) is 11.6 Å². The summed E-state index contributed by atoms with van der Waals surface area (Å²) >= 11 is 6.40. The summed E-state index contributed by atoms with van der Waals surface area (Å²) in [6.45, 7) is 4.46. The highest BCUT2D eigenvalue weighted by Gasteiger charge is 2.54. The average Bonchev–Trinajstić information content (AvgIpc) is 2.66.